The molecule has 0 radical (unpaired) electrons. The summed E-state index contributed by atoms with van der Waals surface area (Å²) in [6, 6.07) is 11.1. The molecule has 5 nitrogen and oxygen atoms in total. The topological polar surface area (TPSA) is 68.5 Å². The van der Waals surface area contributed by atoms with Gasteiger partial charge in [-0.15, -0.1) is 0 Å². The summed E-state index contributed by atoms with van der Waals surface area (Å²) in [7, 11) is 0. The van der Waals surface area contributed by atoms with Gasteiger partial charge in [0.15, 0.2) is 5.78 Å². The van der Waals surface area contributed by atoms with E-state index in [0.717, 1.165) is 24.2 Å². The van der Waals surface area contributed by atoms with Gasteiger partial charge in [0.1, 0.15) is 5.76 Å². The molecule has 23 heavy (non-hydrogen) atoms. The molecule has 0 aliphatic heterocycles. The first-order valence-corrected chi connectivity index (χ1v) is 7.68. The number of carbonyl (C=O) groups is 2. The quantitative estimate of drug-likeness (QED) is 0.438. The van der Waals surface area contributed by atoms with E-state index in [2.05, 4.69) is 5.48 Å². The molecule has 0 saturated carbocycles. The SMILES string of the molecule is Cc1ccccc1C(=O)CCC(=O)NOCCCc1ccco1. The molecule has 5 heteroatoms. The van der Waals surface area contributed by atoms with Crippen molar-refractivity contribution in [3.8, 4) is 0 Å². The monoisotopic (exact) mass is 315 g/mol. The third-order valence-electron chi connectivity index (χ3n) is 3.46. The lowest BCUT2D eigenvalue weighted by Crippen LogP contribution is -2.24. The van der Waals surface area contributed by atoms with Crippen LogP contribution in [0, 0.1) is 6.92 Å². The second-order valence-corrected chi connectivity index (χ2v) is 5.29. The lowest BCUT2D eigenvalue weighted by Gasteiger charge is -2.06. The van der Waals surface area contributed by atoms with Crippen molar-refractivity contribution >= 4 is 11.7 Å². The summed E-state index contributed by atoms with van der Waals surface area (Å²) >= 11 is 0. The first kappa shape index (κ1) is 17.0. The number of hydroxylamine groups is 1. The average molecular weight is 315 g/mol. The molecule has 1 aromatic carbocycles. The Morgan fingerprint density at radius 3 is 2.70 bits per heavy atom. The highest BCUT2D eigenvalue weighted by atomic mass is 16.6. The lowest BCUT2D eigenvalue weighted by molar-refractivity contribution is -0.133. The van der Waals surface area contributed by atoms with Crippen LogP contribution in [0.3, 0.4) is 0 Å². The van der Waals surface area contributed by atoms with Crippen LogP contribution in [-0.2, 0) is 16.1 Å². The number of furan rings is 1. The van der Waals surface area contributed by atoms with Gasteiger partial charge in [0.05, 0.1) is 12.9 Å². The number of ketones is 1. The minimum atomic E-state index is -0.287. The number of amides is 1. The molecule has 0 spiro atoms. The highest BCUT2D eigenvalue weighted by molar-refractivity contribution is 5.99. The Balaban J connectivity index is 1.60. The molecule has 122 valence electrons. The highest BCUT2D eigenvalue weighted by Crippen LogP contribution is 2.11. The van der Waals surface area contributed by atoms with Gasteiger partial charge >= 0.3 is 0 Å². The fourth-order valence-electron chi connectivity index (χ4n) is 2.20. The van der Waals surface area contributed by atoms with Gasteiger partial charge in [-0.3, -0.25) is 14.4 Å². The van der Waals surface area contributed by atoms with Crippen LogP contribution < -0.4 is 5.48 Å². The largest absolute Gasteiger partial charge is 0.469 e. The van der Waals surface area contributed by atoms with E-state index in [-0.39, 0.29) is 24.5 Å². The predicted molar refractivity (Wildman–Crippen MR) is 85.9 cm³/mol. The molecule has 0 bridgehead atoms. The van der Waals surface area contributed by atoms with Crippen LogP contribution in [0.1, 0.15) is 40.9 Å². The van der Waals surface area contributed by atoms with Gasteiger partial charge in [-0.1, -0.05) is 24.3 Å². The Morgan fingerprint density at radius 1 is 1.13 bits per heavy atom. The lowest BCUT2D eigenvalue weighted by atomic mass is 10.0. The maximum absolute atomic E-state index is 12.0. The van der Waals surface area contributed by atoms with Crippen LogP contribution in [0.15, 0.2) is 47.1 Å². The second-order valence-electron chi connectivity index (χ2n) is 5.29. The first-order valence-electron chi connectivity index (χ1n) is 7.68. The molecule has 1 heterocycles. The van der Waals surface area contributed by atoms with Crippen molar-refractivity contribution in [1.29, 1.82) is 0 Å². The number of aryl methyl sites for hydroxylation is 2. The van der Waals surface area contributed by atoms with E-state index in [4.69, 9.17) is 9.25 Å². The van der Waals surface area contributed by atoms with E-state index in [9.17, 15) is 9.59 Å². The molecule has 0 saturated heterocycles. The van der Waals surface area contributed by atoms with Crippen molar-refractivity contribution in [2.24, 2.45) is 0 Å². The molecule has 0 aliphatic rings. The van der Waals surface area contributed by atoms with Gasteiger partial charge in [-0.25, -0.2) is 5.48 Å². The molecule has 1 N–H and O–H groups in total. The molecule has 2 aromatic rings. The summed E-state index contributed by atoms with van der Waals surface area (Å²) in [6.45, 7) is 2.29. The third kappa shape index (κ3) is 5.71. The van der Waals surface area contributed by atoms with E-state index in [0.29, 0.717) is 12.2 Å². The smallest absolute Gasteiger partial charge is 0.243 e. The van der Waals surface area contributed by atoms with Gasteiger partial charge in [0.25, 0.3) is 0 Å². The van der Waals surface area contributed by atoms with Gasteiger partial charge in [-0.2, -0.15) is 0 Å². The number of nitrogens with one attached hydrogen (secondary N) is 1. The Bertz CT molecular complexity index is 634. The van der Waals surface area contributed by atoms with E-state index in [1.807, 2.05) is 37.3 Å². The first-order chi connectivity index (χ1) is 11.2. The highest BCUT2D eigenvalue weighted by Gasteiger charge is 2.11. The molecule has 0 fully saturated rings. The summed E-state index contributed by atoms with van der Waals surface area (Å²) in [5.41, 5.74) is 3.95. The Kier molecular flexibility index (Phi) is 6.56. The number of hydrogen-bond acceptors (Lipinski definition) is 4. The van der Waals surface area contributed by atoms with E-state index in [1.165, 1.54) is 0 Å². The molecule has 0 unspecified atom stereocenters. The van der Waals surface area contributed by atoms with Crippen LogP contribution in [0.5, 0.6) is 0 Å². The van der Waals surface area contributed by atoms with Crippen LogP contribution in [-0.4, -0.2) is 18.3 Å². The third-order valence-corrected chi connectivity index (χ3v) is 3.46. The van der Waals surface area contributed by atoms with Crippen molar-refractivity contribution < 1.29 is 18.8 Å². The Hall–Kier alpha value is -2.40. The van der Waals surface area contributed by atoms with Crippen LogP contribution in [0.25, 0.3) is 0 Å². The number of hydrogen-bond donors (Lipinski definition) is 1. The minimum Gasteiger partial charge on any atom is -0.469 e. The van der Waals surface area contributed by atoms with Crippen molar-refractivity contribution in [1.82, 2.24) is 5.48 Å². The van der Waals surface area contributed by atoms with Crippen LogP contribution in [0.4, 0.5) is 0 Å². The van der Waals surface area contributed by atoms with Gasteiger partial charge in [0.2, 0.25) is 5.91 Å². The van der Waals surface area contributed by atoms with Crippen LogP contribution in [0.2, 0.25) is 0 Å². The summed E-state index contributed by atoms with van der Waals surface area (Å²) in [6.07, 6.45) is 3.42. The minimum absolute atomic E-state index is 0.0314. The zero-order chi connectivity index (χ0) is 16.5. The molecule has 1 amide bonds. The summed E-state index contributed by atoms with van der Waals surface area (Å²) < 4.78 is 5.20. The number of rotatable bonds is 9. The van der Waals surface area contributed by atoms with Gasteiger partial charge < -0.3 is 4.42 Å². The van der Waals surface area contributed by atoms with Gasteiger partial charge in [-0.05, 0) is 31.0 Å². The predicted octanol–water partition coefficient (Wildman–Crippen LogP) is 3.23. The molecule has 2 rings (SSSR count). The Labute approximate surface area is 135 Å². The second kappa shape index (κ2) is 8.90. The molecular weight excluding hydrogens is 294 g/mol. The van der Waals surface area contributed by atoms with Crippen molar-refractivity contribution in [3.05, 3.63) is 59.5 Å². The average Bonchev–Trinajstić information content (AvgIpc) is 3.06. The standard InChI is InChI=1S/C18H21NO4/c1-14-6-2-3-9-16(14)17(20)10-11-18(21)19-23-13-5-8-15-7-4-12-22-15/h2-4,6-7,9,12H,5,8,10-11,13H2,1H3,(H,19,21). The zero-order valence-electron chi connectivity index (χ0n) is 13.2. The Morgan fingerprint density at radius 2 is 1.96 bits per heavy atom. The molecular formula is C18H21NO4. The molecule has 0 atom stereocenters. The van der Waals surface area contributed by atoms with Crippen molar-refractivity contribution in [2.75, 3.05) is 6.61 Å². The molecule has 0 aliphatic carbocycles. The zero-order valence-corrected chi connectivity index (χ0v) is 13.2. The van der Waals surface area contributed by atoms with E-state index < -0.39 is 0 Å². The fraction of sp³-hybridized carbons (Fsp3) is 0.333. The van der Waals surface area contributed by atoms with Crippen molar-refractivity contribution in [2.45, 2.75) is 32.6 Å². The van der Waals surface area contributed by atoms with Crippen molar-refractivity contribution in [3.63, 3.8) is 0 Å². The van der Waals surface area contributed by atoms with E-state index >= 15 is 0 Å². The summed E-state index contributed by atoms with van der Waals surface area (Å²) in [5.74, 6) is 0.574. The number of benzene rings is 1. The maximum Gasteiger partial charge on any atom is 0.243 e. The maximum atomic E-state index is 12.0. The molecule has 1 aromatic heterocycles. The van der Waals surface area contributed by atoms with Crippen LogP contribution >= 0.6 is 0 Å². The van der Waals surface area contributed by atoms with E-state index in [1.54, 1.807) is 12.3 Å². The number of Topliss-reactive ketones (excluding diaryl/α,β-unsaturated/α-hetero) is 1. The number of carbonyl (C=O) groups excluding carboxylic acids is 2. The fourth-order valence-corrected chi connectivity index (χ4v) is 2.20. The summed E-state index contributed by atoms with van der Waals surface area (Å²) in [5, 5.41) is 0. The van der Waals surface area contributed by atoms with Gasteiger partial charge in [0, 0.05) is 24.8 Å². The normalized spacial score (nSPS) is 10.5. The summed E-state index contributed by atoms with van der Waals surface area (Å²) in [4.78, 5) is 28.8.